The minimum Gasteiger partial charge on any atom is -0.456 e. The molecule has 0 aliphatic carbocycles. The van der Waals surface area contributed by atoms with Crippen LogP contribution in [0.4, 0.5) is 17.1 Å². The second-order valence-corrected chi connectivity index (χ2v) is 12.1. The number of rotatable bonds is 4. The number of para-hydroxylation sites is 2. The fourth-order valence-corrected chi connectivity index (χ4v) is 7.31. The first-order valence-electron chi connectivity index (χ1n) is 15.9. The summed E-state index contributed by atoms with van der Waals surface area (Å²) in [5.74, 6) is 0. The molecule has 2 aromatic heterocycles. The maximum absolute atomic E-state index is 6.44. The molecule has 10 aromatic rings. The highest BCUT2D eigenvalue weighted by Crippen LogP contribution is 2.45. The summed E-state index contributed by atoms with van der Waals surface area (Å²) in [7, 11) is 0. The molecule has 220 valence electrons. The van der Waals surface area contributed by atoms with Crippen LogP contribution in [0.5, 0.6) is 0 Å². The summed E-state index contributed by atoms with van der Waals surface area (Å²) in [6.45, 7) is 0. The van der Waals surface area contributed by atoms with E-state index in [9.17, 15) is 0 Å². The van der Waals surface area contributed by atoms with E-state index >= 15 is 0 Å². The molecule has 8 aromatic carbocycles. The largest absolute Gasteiger partial charge is 0.456 e. The quantitative estimate of drug-likeness (QED) is 0.201. The molecule has 3 nitrogen and oxygen atoms in total. The highest BCUT2D eigenvalue weighted by Gasteiger charge is 2.20. The Hall–Kier alpha value is -6.32. The molecule has 0 saturated heterocycles. The van der Waals surface area contributed by atoms with Crippen LogP contribution in [0.2, 0.25) is 0 Å². The molecule has 0 aliphatic rings. The third kappa shape index (κ3) is 4.00. The second-order valence-electron chi connectivity index (χ2n) is 12.1. The van der Waals surface area contributed by atoms with E-state index < -0.39 is 0 Å². The minimum absolute atomic E-state index is 0.889. The Morgan fingerprint density at radius 2 is 1.00 bits per heavy atom. The molecule has 0 atom stereocenters. The van der Waals surface area contributed by atoms with Gasteiger partial charge in [-0.25, -0.2) is 0 Å². The minimum atomic E-state index is 0.889. The van der Waals surface area contributed by atoms with Crippen LogP contribution in [0.1, 0.15) is 0 Å². The van der Waals surface area contributed by atoms with Crippen molar-refractivity contribution in [3.05, 3.63) is 164 Å². The van der Waals surface area contributed by atoms with Crippen LogP contribution < -0.4 is 4.90 Å². The molecule has 3 heteroatoms. The Labute approximate surface area is 270 Å². The van der Waals surface area contributed by atoms with Crippen LogP contribution >= 0.6 is 0 Å². The van der Waals surface area contributed by atoms with Gasteiger partial charge in [0.1, 0.15) is 22.3 Å². The predicted octanol–water partition coefficient (Wildman–Crippen LogP) is 12.9. The number of benzene rings is 8. The van der Waals surface area contributed by atoms with Crippen molar-refractivity contribution < 1.29 is 8.83 Å². The first kappa shape index (κ1) is 26.0. The van der Waals surface area contributed by atoms with E-state index in [0.717, 1.165) is 66.7 Å². The van der Waals surface area contributed by atoms with Crippen molar-refractivity contribution in [3.8, 4) is 11.1 Å². The summed E-state index contributed by atoms with van der Waals surface area (Å²) < 4.78 is 12.8. The van der Waals surface area contributed by atoms with Gasteiger partial charge in [-0.3, -0.25) is 0 Å². The Kier molecular flexibility index (Phi) is 5.57. The Bertz CT molecular complexity index is 2810. The SMILES string of the molecule is c1ccc(N(c2cccc(-c3ccc4c(c3)oc3ccc5ccccc5c34)c2)c2cccc3ccc4oc5ccccc5c4c23)cc1. The van der Waals surface area contributed by atoms with E-state index in [1.54, 1.807) is 0 Å². The molecule has 0 N–H and O–H groups in total. The number of furan rings is 2. The van der Waals surface area contributed by atoms with Crippen molar-refractivity contribution in [2.45, 2.75) is 0 Å². The molecule has 0 spiro atoms. The Balaban J connectivity index is 1.18. The molecular weight excluding hydrogens is 574 g/mol. The smallest absolute Gasteiger partial charge is 0.136 e. The van der Waals surface area contributed by atoms with Crippen molar-refractivity contribution in [1.82, 2.24) is 0 Å². The molecule has 0 aliphatic heterocycles. The molecule has 2 heterocycles. The van der Waals surface area contributed by atoms with E-state index in [2.05, 4.69) is 157 Å². The average molecular weight is 602 g/mol. The van der Waals surface area contributed by atoms with Gasteiger partial charge in [0.15, 0.2) is 0 Å². The summed E-state index contributed by atoms with van der Waals surface area (Å²) in [6.07, 6.45) is 0. The third-order valence-corrected chi connectivity index (χ3v) is 9.42. The highest BCUT2D eigenvalue weighted by atomic mass is 16.3. The van der Waals surface area contributed by atoms with Crippen LogP contribution in [-0.2, 0) is 0 Å². The monoisotopic (exact) mass is 601 g/mol. The van der Waals surface area contributed by atoms with E-state index in [4.69, 9.17) is 8.83 Å². The lowest BCUT2D eigenvalue weighted by Gasteiger charge is -2.27. The number of hydrogen-bond acceptors (Lipinski definition) is 3. The molecule has 0 bridgehead atoms. The lowest BCUT2D eigenvalue weighted by Crippen LogP contribution is -2.10. The molecule has 0 fully saturated rings. The zero-order valence-corrected chi connectivity index (χ0v) is 25.4. The highest BCUT2D eigenvalue weighted by molar-refractivity contribution is 6.23. The Morgan fingerprint density at radius 3 is 1.91 bits per heavy atom. The van der Waals surface area contributed by atoms with Crippen LogP contribution in [0, 0.1) is 0 Å². The van der Waals surface area contributed by atoms with Gasteiger partial charge < -0.3 is 13.7 Å². The van der Waals surface area contributed by atoms with Gasteiger partial charge in [0.25, 0.3) is 0 Å². The van der Waals surface area contributed by atoms with E-state index in [0.29, 0.717) is 0 Å². The summed E-state index contributed by atoms with van der Waals surface area (Å²) in [5.41, 5.74) is 9.07. The average Bonchev–Trinajstić information content (AvgIpc) is 3.71. The summed E-state index contributed by atoms with van der Waals surface area (Å²) in [6, 6.07) is 57.8. The van der Waals surface area contributed by atoms with Crippen molar-refractivity contribution in [3.63, 3.8) is 0 Å². The molecular formula is C44H27NO2. The zero-order chi connectivity index (χ0) is 30.9. The summed E-state index contributed by atoms with van der Waals surface area (Å²) in [5, 5.41) is 9.32. The number of anilines is 3. The molecule has 0 amide bonds. The van der Waals surface area contributed by atoms with Gasteiger partial charge in [0.2, 0.25) is 0 Å². The lowest BCUT2D eigenvalue weighted by atomic mass is 9.99. The van der Waals surface area contributed by atoms with Gasteiger partial charge >= 0.3 is 0 Å². The van der Waals surface area contributed by atoms with Crippen molar-refractivity contribution >= 4 is 82.5 Å². The first-order chi connectivity index (χ1) is 23.3. The molecule has 0 radical (unpaired) electrons. The van der Waals surface area contributed by atoms with E-state index in [1.807, 2.05) is 12.1 Å². The van der Waals surface area contributed by atoms with Crippen molar-refractivity contribution in [1.29, 1.82) is 0 Å². The maximum Gasteiger partial charge on any atom is 0.136 e. The topological polar surface area (TPSA) is 29.5 Å². The van der Waals surface area contributed by atoms with Crippen LogP contribution in [0.3, 0.4) is 0 Å². The van der Waals surface area contributed by atoms with Gasteiger partial charge in [-0.1, -0.05) is 103 Å². The van der Waals surface area contributed by atoms with Crippen LogP contribution in [0.15, 0.2) is 173 Å². The maximum atomic E-state index is 6.44. The van der Waals surface area contributed by atoms with Gasteiger partial charge in [0.05, 0.1) is 5.69 Å². The molecule has 47 heavy (non-hydrogen) atoms. The van der Waals surface area contributed by atoms with Gasteiger partial charge in [-0.15, -0.1) is 0 Å². The molecule has 0 saturated carbocycles. The predicted molar refractivity (Wildman–Crippen MR) is 196 cm³/mol. The number of nitrogens with zero attached hydrogens (tertiary/aromatic N) is 1. The van der Waals surface area contributed by atoms with Gasteiger partial charge in [-0.05, 0) is 87.9 Å². The van der Waals surface area contributed by atoms with Gasteiger partial charge in [-0.2, -0.15) is 0 Å². The first-order valence-corrected chi connectivity index (χ1v) is 15.9. The summed E-state index contributed by atoms with van der Waals surface area (Å²) >= 11 is 0. The Morgan fingerprint density at radius 1 is 0.340 bits per heavy atom. The molecule has 10 rings (SSSR count). The van der Waals surface area contributed by atoms with Crippen molar-refractivity contribution in [2.75, 3.05) is 4.90 Å². The third-order valence-electron chi connectivity index (χ3n) is 9.42. The standard InChI is InChI=1S/C44H27NO2/c1-2-13-32(14-3-1)45(37-18-9-11-29-22-25-40-44(42(29)37)35-17-6-7-19-38(35)46-40)33-15-8-12-30(26-33)31-20-23-36-41(27-31)47-39-24-21-28-10-4-5-16-34(28)43(36)39/h1-27H. The lowest BCUT2D eigenvalue weighted by molar-refractivity contribution is 0.669. The van der Waals surface area contributed by atoms with E-state index in [-0.39, 0.29) is 0 Å². The summed E-state index contributed by atoms with van der Waals surface area (Å²) in [4.78, 5) is 2.36. The molecule has 0 unspecified atom stereocenters. The van der Waals surface area contributed by atoms with Crippen LogP contribution in [0.25, 0.3) is 76.5 Å². The normalized spacial score (nSPS) is 11.8. The second kappa shape index (κ2) is 10.1. The number of fused-ring (bicyclic) bond motifs is 10. The fraction of sp³-hybridized carbons (Fsp3) is 0. The fourth-order valence-electron chi connectivity index (χ4n) is 7.31. The van der Waals surface area contributed by atoms with Gasteiger partial charge in [0, 0.05) is 38.3 Å². The van der Waals surface area contributed by atoms with Crippen LogP contribution in [-0.4, -0.2) is 0 Å². The number of hydrogen-bond donors (Lipinski definition) is 0. The zero-order valence-electron chi connectivity index (χ0n) is 25.4. The van der Waals surface area contributed by atoms with Crippen molar-refractivity contribution in [2.24, 2.45) is 0 Å². The van der Waals surface area contributed by atoms with E-state index in [1.165, 1.54) is 26.9 Å².